The van der Waals surface area contributed by atoms with Gasteiger partial charge in [-0.1, -0.05) is 219 Å². The average molecular weight is 2090 g/mol. The molecule has 832 valence electrons. The molecule has 21 amide bonds. The van der Waals surface area contributed by atoms with Crippen LogP contribution in [0.5, 0.6) is 0 Å². The van der Waals surface area contributed by atoms with E-state index in [2.05, 4.69) is 113 Å². The van der Waals surface area contributed by atoms with Crippen LogP contribution < -0.4 is 64.2 Å². The van der Waals surface area contributed by atoms with E-state index < -0.39 is 160 Å². The van der Waals surface area contributed by atoms with Gasteiger partial charge in [-0.05, 0) is 175 Å². The van der Waals surface area contributed by atoms with E-state index in [1.807, 2.05) is 69.2 Å². The van der Waals surface area contributed by atoms with Gasteiger partial charge in [0.05, 0.1) is 36.3 Å². The van der Waals surface area contributed by atoms with Crippen LogP contribution in [-0.2, 0) is 86.3 Å². The number of ketones is 3. The average Bonchev–Trinajstić information content (AvgIpc) is 1.53. The van der Waals surface area contributed by atoms with Gasteiger partial charge in [0, 0.05) is 90.9 Å². The van der Waals surface area contributed by atoms with Crippen molar-refractivity contribution in [2.24, 2.45) is 103 Å². The van der Waals surface area contributed by atoms with Gasteiger partial charge in [-0.25, -0.2) is 14.4 Å². The highest BCUT2D eigenvalue weighted by Gasteiger charge is 2.73. The highest BCUT2D eigenvalue weighted by molar-refractivity contribution is 6.39. The van der Waals surface area contributed by atoms with Crippen molar-refractivity contribution < 1.29 is 101 Å². The molecule has 39 nitrogen and oxygen atoms in total. The molecule has 0 radical (unpaired) electrons. The summed E-state index contributed by atoms with van der Waals surface area (Å²) in [6, 6.07) is -11.8. The summed E-state index contributed by atoms with van der Waals surface area (Å²) in [7, 11) is 0. The van der Waals surface area contributed by atoms with Crippen LogP contribution in [0.15, 0.2) is 25.3 Å². The number of urea groups is 3. The summed E-state index contributed by atoms with van der Waals surface area (Å²) >= 11 is 0. The molecule has 6 aliphatic heterocycles. The van der Waals surface area contributed by atoms with E-state index in [1.165, 1.54) is 26.9 Å². The van der Waals surface area contributed by atoms with Gasteiger partial charge in [0.15, 0.2) is 0 Å². The fraction of sp³-hybridized carbons (Fsp3) is 0.775. The third-order valence-electron chi connectivity index (χ3n) is 35.6. The van der Waals surface area contributed by atoms with Gasteiger partial charge in [-0.3, -0.25) is 101 Å². The SMILES string of the molecule is C=CCNC(=O)C(=O)C(CC1CC1)NC(=O)[C@@H]1[C@@H]2[C@H](CN1C(=O)[C@@H](NC(=O)N[C@H](CN1C(=O)CCCC1=O)C(C)(C)C)C1CCCCC1)C2(C)C.C=CCNC(=O)C(=O)C(CCC)NC(=O)[C@@H]1[C@@H]2[C@H](CN1C(=O)[C@@H](NC(=O)N[C@H](CN1C(=O)CCCC1=O)C(C)(C)C)C1CCCCC1)C2(C)C.CC(C)(C)[C@@H](CN1C(=O)CCCC1=O)NC(=O)N[C@H](C(=O)N1C[C@H]2[C@@H]([C@H]1C(=O)NC(CC1CCC1)C(=O)C(N)=O)C2(C)C)C1CCCCC1. The lowest BCUT2D eigenvalue weighted by Crippen LogP contribution is -2.62. The first-order valence-electron chi connectivity index (χ1n) is 55.8. The van der Waals surface area contributed by atoms with E-state index in [0.717, 1.165) is 128 Å². The predicted molar refractivity (Wildman–Crippen MR) is 557 cm³/mol. The maximum absolute atomic E-state index is 14.7. The number of amides is 21. The number of piperidine rings is 6. The fourth-order valence-electron chi connectivity index (χ4n) is 25.2. The number of imide groups is 3. The van der Waals surface area contributed by atoms with E-state index in [1.54, 1.807) is 14.7 Å². The van der Waals surface area contributed by atoms with Crippen molar-refractivity contribution in [3.05, 3.63) is 25.3 Å². The Labute approximate surface area is 884 Å². The minimum Gasteiger partial charge on any atom is -0.363 e. The Morgan fingerprint density at radius 2 is 0.620 bits per heavy atom. The lowest BCUT2D eigenvalue weighted by Gasteiger charge is -2.39. The summed E-state index contributed by atoms with van der Waals surface area (Å²) in [5.41, 5.74) is 3.25. The molecule has 14 rings (SSSR count). The molecule has 3 unspecified atom stereocenters. The minimum atomic E-state index is -1.09. The van der Waals surface area contributed by atoms with Crippen LogP contribution in [0.3, 0.4) is 0 Å². The van der Waals surface area contributed by atoms with Crippen molar-refractivity contribution in [1.29, 1.82) is 0 Å². The Kier molecular flexibility index (Phi) is 38.7. The second-order valence-corrected chi connectivity index (χ2v) is 50.3. The second kappa shape index (κ2) is 49.4. The minimum absolute atomic E-state index is 0.0344. The summed E-state index contributed by atoms with van der Waals surface area (Å²) in [4.78, 5) is 288. The normalized spacial score (nSPS) is 26.3. The number of rotatable bonds is 40. The van der Waals surface area contributed by atoms with Crippen LogP contribution in [0.4, 0.5) is 14.4 Å². The zero-order valence-corrected chi connectivity index (χ0v) is 91.7. The first-order chi connectivity index (χ1) is 70.6. The Morgan fingerprint density at radius 3 is 0.867 bits per heavy atom. The van der Waals surface area contributed by atoms with Crippen molar-refractivity contribution in [2.45, 2.75) is 395 Å². The molecule has 14 aliphatic rings. The molecule has 39 heteroatoms. The Morgan fingerprint density at radius 1 is 0.353 bits per heavy atom. The zero-order chi connectivity index (χ0) is 110. The van der Waals surface area contributed by atoms with Crippen molar-refractivity contribution in [1.82, 2.24) is 87.9 Å². The van der Waals surface area contributed by atoms with Gasteiger partial charge >= 0.3 is 18.1 Å². The number of carbonyl (C=O) groups excluding carboxylic acids is 21. The smallest absolute Gasteiger partial charge is 0.315 e. The standard InChI is InChI=1S/C38H58N6O7.C37H58N6O7.C36H56N6O7/c1-7-18-39-34(49)32(47)25(19-22-16-17-22)40-33(48)31-29-24(38(29,5)6)20-44(31)35(50)30(23-12-9-8-10-13-23)42-36(51)41-26(37(2,3)4)21-43-27(45)14-11-15-28(43)46;1-8-14-24(31(46)33(48)38-19-9-2)39-32(47)30-28-23(37(28,6)7)20-43(30)34(49)29(22-15-11-10-12-16-22)41-35(50)40-25(36(3,4)5)21-42-26(44)17-13-18-27(42)45;1-35(2,3)24(19-41-25(43)15-10-16-26(41)44)39-34(49)40-28(21-13-7-6-8-14-21)33(48)42-18-22-27(36(22,4)5)29(42)32(47)38-23(30(45)31(37)46)17-20-11-9-12-20/h7,22-26,29-31H,1,8-21H2,2-6H3,(H,39,49)(H,40,48)(H2,41,42,51);9,22-25,28-30H,2,8,10-21H2,1,3-7H3,(H,38,48)(H,39,47)(H2,40,41,50);20-24,27-29H,6-19H2,1-5H3,(H2,37,46)(H,38,47)(H2,39,40,49)/t24-,25?,26+,29-,30-,31-;23-,24?,25+,28-,29-,30-;22-,23?,24+,27-,28-,29-/m000/s1. The van der Waals surface area contributed by atoms with Crippen LogP contribution in [0.2, 0.25) is 0 Å². The summed E-state index contributed by atoms with van der Waals surface area (Å²) in [6.45, 7) is 40.1. The molecule has 14 fully saturated rings. The number of hydrogen-bond donors (Lipinski definition) is 12. The van der Waals surface area contributed by atoms with E-state index >= 15 is 0 Å². The van der Waals surface area contributed by atoms with Crippen LogP contribution >= 0.6 is 0 Å². The first-order valence-corrected chi connectivity index (χ1v) is 55.8. The molecule has 8 aliphatic carbocycles. The van der Waals surface area contributed by atoms with Crippen LogP contribution in [-0.4, -0.2) is 278 Å². The summed E-state index contributed by atoms with van der Waals surface area (Å²) < 4.78 is 0. The Bertz CT molecular complexity index is 5030. The maximum Gasteiger partial charge on any atom is 0.315 e. The quantitative estimate of drug-likeness (QED) is 0.0157. The maximum atomic E-state index is 14.7. The van der Waals surface area contributed by atoms with E-state index in [9.17, 15) is 101 Å². The molecule has 0 aromatic heterocycles. The number of nitrogens with two attached hydrogens (primary N) is 1. The number of Topliss-reactive ketones (excluding diaryl/α,β-unsaturated/α-hetero) is 3. The molecule has 18 atom stereocenters. The first kappa shape index (κ1) is 118. The fourth-order valence-corrected chi connectivity index (χ4v) is 25.2. The largest absolute Gasteiger partial charge is 0.363 e. The third kappa shape index (κ3) is 28.3. The molecule has 0 spiro atoms. The highest BCUT2D eigenvalue weighted by atomic mass is 16.2. The van der Waals surface area contributed by atoms with Crippen LogP contribution in [0.25, 0.3) is 0 Å². The molecule has 6 heterocycles. The number of carbonyl (C=O) groups is 21. The van der Waals surface area contributed by atoms with E-state index in [4.69, 9.17) is 5.73 Å². The molecule has 0 bridgehead atoms. The second-order valence-electron chi connectivity index (χ2n) is 50.3. The van der Waals surface area contributed by atoms with Crippen LogP contribution in [0, 0.1) is 97.6 Å². The van der Waals surface area contributed by atoms with Crippen molar-refractivity contribution in [2.75, 3.05) is 52.4 Å². The topological polar surface area (TPSA) is 536 Å². The monoisotopic (exact) mass is 2090 g/mol. The lowest BCUT2D eigenvalue weighted by molar-refractivity contribution is -0.150. The highest BCUT2D eigenvalue weighted by Crippen LogP contribution is 2.67. The number of likely N-dealkylation sites (tertiary alicyclic amines) is 6. The zero-order valence-electron chi connectivity index (χ0n) is 91.7. The predicted octanol–water partition coefficient (Wildman–Crippen LogP) is 8.06. The third-order valence-corrected chi connectivity index (χ3v) is 35.6. The van der Waals surface area contributed by atoms with Gasteiger partial charge in [-0.2, -0.15) is 0 Å². The van der Waals surface area contributed by atoms with Crippen molar-refractivity contribution in [3.63, 3.8) is 0 Å². The molecule has 8 saturated carbocycles. The number of nitrogens with one attached hydrogen (secondary N) is 11. The van der Waals surface area contributed by atoms with E-state index in [0.29, 0.717) is 58.2 Å². The summed E-state index contributed by atoms with van der Waals surface area (Å²) in [5.74, 6) is -9.00. The number of hydrogen-bond acceptors (Lipinski definition) is 21. The number of nitrogens with zero attached hydrogens (tertiary/aromatic N) is 6. The van der Waals surface area contributed by atoms with Gasteiger partial charge in [-0.15, -0.1) is 13.2 Å². The van der Waals surface area contributed by atoms with E-state index in [-0.39, 0.29) is 212 Å². The molecule has 0 aromatic carbocycles. The molecule has 150 heavy (non-hydrogen) atoms. The van der Waals surface area contributed by atoms with Crippen molar-refractivity contribution in [3.8, 4) is 0 Å². The molecule has 0 aromatic rings. The van der Waals surface area contributed by atoms with Gasteiger partial charge in [0.25, 0.3) is 17.7 Å². The van der Waals surface area contributed by atoms with Crippen molar-refractivity contribution >= 4 is 124 Å². The van der Waals surface area contributed by atoms with Gasteiger partial charge in [0.2, 0.25) is 88.2 Å². The number of primary amides is 1. The van der Waals surface area contributed by atoms with Gasteiger partial charge in [0.1, 0.15) is 36.3 Å². The molecule has 6 saturated heterocycles. The Balaban J connectivity index is 0.000000199. The molecule has 13 N–H and O–H groups in total. The number of fused-ring (bicyclic) bond motifs is 3. The summed E-state index contributed by atoms with van der Waals surface area (Å²) in [5, 5.41) is 31.4. The van der Waals surface area contributed by atoms with Gasteiger partial charge < -0.3 is 78.9 Å². The van der Waals surface area contributed by atoms with Crippen LogP contribution in [0.1, 0.15) is 323 Å². The lowest BCUT2D eigenvalue weighted by atomic mass is 9.80. The molecular formula is C111H172N18O21. The Hall–Kier alpha value is -11.0. The summed E-state index contributed by atoms with van der Waals surface area (Å²) in [6.07, 6.45) is 25.5. The molecular weight excluding hydrogens is 1920 g/mol.